The lowest BCUT2D eigenvalue weighted by Crippen LogP contribution is -2.11. The largest absolute Gasteiger partial charge is 0.375 e. The van der Waals surface area contributed by atoms with Crippen LogP contribution < -0.4 is 10.6 Å². The maximum atomic E-state index is 11.2. The van der Waals surface area contributed by atoms with E-state index in [1.54, 1.807) is 22.3 Å². The molecule has 0 aliphatic rings. The highest BCUT2D eigenvalue weighted by Gasteiger charge is 2.01. The Hall–Kier alpha value is -1.14. The summed E-state index contributed by atoms with van der Waals surface area (Å²) < 4.78 is 1.64. The lowest BCUT2D eigenvalue weighted by molar-refractivity contribution is 0.794. The molecule has 2 N–H and O–H groups in total. The molecule has 2 heterocycles. The van der Waals surface area contributed by atoms with E-state index in [2.05, 4.69) is 4.98 Å². The number of anilines is 1. The van der Waals surface area contributed by atoms with Crippen molar-refractivity contribution in [1.29, 1.82) is 0 Å². The highest BCUT2D eigenvalue weighted by atomic mass is 32.1. The van der Waals surface area contributed by atoms with E-state index in [0.29, 0.717) is 11.7 Å². The van der Waals surface area contributed by atoms with Gasteiger partial charge in [0, 0.05) is 22.7 Å². The molecular formula is C7H7N3OS2. The van der Waals surface area contributed by atoms with Crippen molar-refractivity contribution in [2.24, 2.45) is 0 Å². The summed E-state index contributed by atoms with van der Waals surface area (Å²) in [5, 5.41) is 2.31. The van der Waals surface area contributed by atoms with Crippen LogP contribution in [0.1, 0.15) is 4.88 Å². The van der Waals surface area contributed by atoms with Gasteiger partial charge in [-0.1, -0.05) is 11.3 Å². The summed E-state index contributed by atoms with van der Waals surface area (Å²) >= 11 is 2.60. The zero-order valence-electron chi connectivity index (χ0n) is 6.64. The van der Waals surface area contributed by atoms with Crippen molar-refractivity contribution in [1.82, 2.24) is 9.55 Å². The number of nitrogens with zero attached hydrogens (tertiary/aromatic N) is 2. The number of nitrogens with two attached hydrogens (primary N) is 1. The first-order valence-corrected chi connectivity index (χ1v) is 5.29. The summed E-state index contributed by atoms with van der Waals surface area (Å²) in [6, 6.07) is 0. The van der Waals surface area contributed by atoms with E-state index in [4.69, 9.17) is 5.73 Å². The van der Waals surface area contributed by atoms with Crippen molar-refractivity contribution in [2.75, 3.05) is 5.73 Å². The minimum Gasteiger partial charge on any atom is -0.375 e. The first kappa shape index (κ1) is 8.46. The second kappa shape index (κ2) is 3.31. The van der Waals surface area contributed by atoms with Crippen LogP contribution in [0.4, 0.5) is 5.13 Å². The van der Waals surface area contributed by atoms with E-state index in [1.807, 2.05) is 0 Å². The van der Waals surface area contributed by atoms with E-state index in [-0.39, 0.29) is 4.87 Å². The molecule has 0 fully saturated rings. The molecule has 0 amide bonds. The first-order valence-electron chi connectivity index (χ1n) is 3.60. The molecule has 0 saturated heterocycles. The summed E-state index contributed by atoms with van der Waals surface area (Å²) in [7, 11) is 0. The molecule has 4 nitrogen and oxygen atoms in total. The Bertz CT molecular complexity index is 456. The van der Waals surface area contributed by atoms with Gasteiger partial charge in [-0.15, -0.1) is 11.3 Å². The monoisotopic (exact) mass is 213 g/mol. The Balaban J connectivity index is 2.24. The average molecular weight is 213 g/mol. The van der Waals surface area contributed by atoms with Crippen molar-refractivity contribution in [3.8, 4) is 0 Å². The third kappa shape index (κ3) is 1.78. The fraction of sp³-hybridized carbons (Fsp3) is 0.143. The Morgan fingerprint density at radius 3 is 3.00 bits per heavy atom. The van der Waals surface area contributed by atoms with Crippen LogP contribution >= 0.6 is 22.7 Å². The van der Waals surface area contributed by atoms with Crippen molar-refractivity contribution in [2.45, 2.75) is 6.54 Å². The van der Waals surface area contributed by atoms with Crippen LogP contribution in [0.5, 0.6) is 0 Å². The summed E-state index contributed by atoms with van der Waals surface area (Å²) in [5.74, 6) is 0. The molecule has 0 aliphatic heterocycles. The van der Waals surface area contributed by atoms with Gasteiger partial charge in [-0.2, -0.15) is 0 Å². The number of hydrogen-bond acceptors (Lipinski definition) is 5. The molecule has 2 aromatic rings. The minimum absolute atomic E-state index is 0.0481. The van der Waals surface area contributed by atoms with Crippen LogP contribution in [0.15, 0.2) is 22.6 Å². The topological polar surface area (TPSA) is 60.9 Å². The molecule has 68 valence electrons. The van der Waals surface area contributed by atoms with Crippen molar-refractivity contribution in [3.05, 3.63) is 32.3 Å². The number of rotatable bonds is 2. The molecular weight excluding hydrogens is 206 g/mol. The smallest absolute Gasteiger partial charge is 0.307 e. The van der Waals surface area contributed by atoms with Gasteiger partial charge >= 0.3 is 4.87 Å². The van der Waals surface area contributed by atoms with E-state index in [0.717, 1.165) is 4.88 Å². The van der Waals surface area contributed by atoms with Gasteiger partial charge in [0.2, 0.25) is 0 Å². The van der Waals surface area contributed by atoms with Gasteiger partial charge in [0.05, 0.1) is 6.54 Å². The van der Waals surface area contributed by atoms with Crippen LogP contribution in [-0.4, -0.2) is 9.55 Å². The van der Waals surface area contributed by atoms with Gasteiger partial charge in [-0.05, 0) is 0 Å². The van der Waals surface area contributed by atoms with E-state index >= 15 is 0 Å². The first-order chi connectivity index (χ1) is 6.25. The van der Waals surface area contributed by atoms with Crippen molar-refractivity contribution in [3.63, 3.8) is 0 Å². The molecule has 2 aromatic heterocycles. The Morgan fingerprint density at radius 2 is 2.46 bits per heavy atom. The lowest BCUT2D eigenvalue weighted by atomic mass is 10.5. The Morgan fingerprint density at radius 1 is 1.62 bits per heavy atom. The molecule has 13 heavy (non-hydrogen) atoms. The highest BCUT2D eigenvalue weighted by molar-refractivity contribution is 7.15. The maximum Gasteiger partial charge on any atom is 0.307 e. The van der Waals surface area contributed by atoms with Gasteiger partial charge in [0.25, 0.3) is 0 Å². The Kier molecular flexibility index (Phi) is 2.15. The molecule has 6 heteroatoms. The van der Waals surface area contributed by atoms with E-state index in [1.165, 1.54) is 22.7 Å². The molecule has 0 saturated carbocycles. The summed E-state index contributed by atoms with van der Waals surface area (Å²) in [4.78, 5) is 16.1. The lowest BCUT2D eigenvalue weighted by Gasteiger charge is -1.94. The van der Waals surface area contributed by atoms with Gasteiger partial charge in [-0.3, -0.25) is 4.79 Å². The molecule has 0 radical (unpaired) electrons. The van der Waals surface area contributed by atoms with Crippen LogP contribution in [0.3, 0.4) is 0 Å². The SMILES string of the molecule is Nc1ncc(Cn2ccsc2=O)s1. The molecule has 0 aliphatic carbocycles. The highest BCUT2D eigenvalue weighted by Crippen LogP contribution is 2.14. The number of thiazole rings is 2. The average Bonchev–Trinajstić information content (AvgIpc) is 2.64. The molecule has 0 atom stereocenters. The van der Waals surface area contributed by atoms with Crippen molar-refractivity contribution < 1.29 is 0 Å². The number of nitrogen functional groups attached to an aromatic ring is 1. The number of hydrogen-bond donors (Lipinski definition) is 1. The predicted octanol–water partition coefficient (Wildman–Crippen LogP) is 0.997. The molecule has 2 rings (SSSR count). The van der Waals surface area contributed by atoms with Crippen molar-refractivity contribution >= 4 is 27.8 Å². The standard InChI is InChI=1S/C7H7N3OS2/c8-6-9-3-5(13-6)4-10-1-2-12-7(10)11/h1-3H,4H2,(H2,8,9). The van der Waals surface area contributed by atoms with Crippen LogP contribution in [0, 0.1) is 0 Å². The molecule has 0 unspecified atom stereocenters. The second-order valence-electron chi connectivity index (χ2n) is 2.46. The predicted molar refractivity (Wildman–Crippen MR) is 54.2 cm³/mol. The van der Waals surface area contributed by atoms with Crippen LogP contribution in [0.25, 0.3) is 0 Å². The molecule has 0 aromatic carbocycles. The fourth-order valence-corrected chi connectivity index (χ4v) is 2.24. The summed E-state index contributed by atoms with van der Waals surface area (Å²) in [6.07, 6.45) is 3.47. The minimum atomic E-state index is 0.0481. The van der Waals surface area contributed by atoms with Crippen LogP contribution in [0.2, 0.25) is 0 Å². The quantitative estimate of drug-likeness (QED) is 0.809. The molecule has 0 spiro atoms. The summed E-state index contributed by atoms with van der Waals surface area (Å²) in [5.41, 5.74) is 5.47. The van der Waals surface area contributed by atoms with Gasteiger partial charge < -0.3 is 10.3 Å². The second-order valence-corrected chi connectivity index (χ2v) is 4.47. The Labute approximate surface area is 82.3 Å². The zero-order chi connectivity index (χ0) is 9.26. The van der Waals surface area contributed by atoms with E-state index < -0.39 is 0 Å². The zero-order valence-corrected chi connectivity index (χ0v) is 8.27. The van der Waals surface area contributed by atoms with Gasteiger partial charge in [0.15, 0.2) is 5.13 Å². The van der Waals surface area contributed by atoms with Gasteiger partial charge in [0.1, 0.15) is 0 Å². The van der Waals surface area contributed by atoms with Crippen LogP contribution in [-0.2, 0) is 6.54 Å². The van der Waals surface area contributed by atoms with Gasteiger partial charge in [-0.25, -0.2) is 4.98 Å². The summed E-state index contributed by atoms with van der Waals surface area (Å²) in [6.45, 7) is 0.567. The normalized spacial score (nSPS) is 10.5. The fourth-order valence-electron chi connectivity index (χ4n) is 0.972. The van der Waals surface area contributed by atoms with E-state index in [9.17, 15) is 4.79 Å². The third-order valence-corrected chi connectivity index (χ3v) is 3.05. The third-order valence-electron chi connectivity index (χ3n) is 1.54. The molecule has 0 bridgehead atoms. The maximum absolute atomic E-state index is 11.2. The number of aromatic nitrogens is 2.